The van der Waals surface area contributed by atoms with Gasteiger partial charge in [0.15, 0.2) is 5.60 Å². The van der Waals surface area contributed by atoms with E-state index in [1.54, 1.807) is 0 Å². The second-order valence-corrected chi connectivity index (χ2v) is 6.76. The van der Waals surface area contributed by atoms with Crippen molar-refractivity contribution >= 4 is 0 Å². The van der Waals surface area contributed by atoms with E-state index in [0.29, 0.717) is 6.61 Å². The number of terminal acetylenes is 1. The number of ether oxygens (including phenoxy) is 2. The topological polar surface area (TPSA) is 18.5 Å². The van der Waals surface area contributed by atoms with Crippen molar-refractivity contribution in [3.63, 3.8) is 0 Å². The number of fused-ring (bicyclic) bond motifs is 1. The van der Waals surface area contributed by atoms with Crippen LogP contribution < -0.4 is 9.47 Å². The SMILES string of the molecule is C#C[C@]1(C)CCc2c(C)c(OCc3ccccc3)c(C)c(C)c2O1. The van der Waals surface area contributed by atoms with Crippen molar-refractivity contribution in [2.24, 2.45) is 0 Å². The molecule has 0 spiro atoms. The predicted octanol–water partition coefficient (Wildman–Crippen LogP) is 4.91. The van der Waals surface area contributed by atoms with Crippen LogP contribution in [-0.4, -0.2) is 5.60 Å². The minimum Gasteiger partial charge on any atom is -0.488 e. The zero-order chi connectivity index (χ0) is 17.3. The molecule has 0 fully saturated rings. The van der Waals surface area contributed by atoms with E-state index in [1.807, 2.05) is 25.1 Å². The fourth-order valence-electron chi connectivity index (χ4n) is 3.28. The molecule has 2 nitrogen and oxygen atoms in total. The molecular formula is C22H24O2. The first kappa shape index (κ1) is 16.5. The van der Waals surface area contributed by atoms with Crippen molar-refractivity contribution in [1.29, 1.82) is 0 Å². The van der Waals surface area contributed by atoms with E-state index >= 15 is 0 Å². The summed E-state index contributed by atoms with van der Waals surface area (Å²) in [7, 11) is 0. The second-order valence-electron chi connectivity index (χ2n) is 6.76. The normalized spacial score (nSPS) is 19.1. The molecule has 0 N–H and O–H groups in total. The maximum atomic E-state index is 6.19. The highest BCUT2D eigenvalue weighted by Crippen LogP contribution is 2.43. The van der Waals surface area contributed by atoms with Crippen LogP contribution in [0.3, 0.4) is 0 Å². The van der Waals surface area contributed by atoms with Gasteiger partial charge in [-0.15, -0.1) is 6.42 Å². The Morgan fingerprint density at radius 3 is 2.50 bits per heavy atom. The van der Waals surface area contributed by atoms with E-state index in [1.165, 1.54) is 16.7 Å². The van der Waals surface area contributed by atoms with Gasteiger partial charge in [0.2, 0.25) is 0 Å². The Balaban J connectivity index is 1.96. The summed E-state index contributed by atoms with van der Waals surface area (Å²) >= 11 is 0. The van der Waals surface area contributed by atoms with Gasteiger partial charge in [-0.3, -0.25) is 0 Å². The van der Waals surface area contributed by atoms with Crippen molar-refractivity contribution < 1.29 is 9.47 Å². The van der Waals surface area contributed by atoms with Gasteiger partial charge in [0.25, 0.3) is 0 Å². The van der Waals surface area contributed by atoms with Gasteiger partial charge in [-0.1, -0.05) is 36.3 Å². The largest absolute Gasteiger partial charge is 0.488 e. The first-order valence-electron chi connectivity index (χ1n) is 8.41. The number of benzene rings is 2. The van der Waals surface area contributed by atoms with E-state index in [-0.39, 0.29) is 0 Å². The second kappa shape index (κ2) is 6.24. The molecule has 0 unspecified atom stereocenters. The van der Waals surface area contributed by atoms with Gasteiger partial charge < -0.3 is 9.47 Å². The van der Waals surface area contributed by atoms with Crippen molar-refractivity contribution in [1.82, 2.24) is 0 Å². The van der Waals surface area contributed by atoms with Crippen LogP contribution in [0, 0.1) is 33.1 Å². The monoisotopic (exact) mass is 320 g/mol. The molecule has 1 aliphatic rings. The van der Waals surface area contributed by atoms with Gasteiger partial charge in [-0.25, -0.2) is 0 Å². The molecule has 1 atom stereocenters. The molecular weight excluding hydrogens is 296 g/mol. The van der Waals surface area contributed by atoms with E-state index < -0.39 is 5.60 Å². The molecule has 1 aliphatic heterocycles. The van der Waals surface area contributed by atoms with Gasteiger partial charge in [0, 0.05) is 12.0 Å². The number of hydrogen-bond donors (Lipinski definition) is 0. The van der Waals surface area contributed by atoms with E-state index in [4.69, 9.17) is 15.9 Å². The zero-order valence-corrected chi connectivity index (χ0v) is 14.9. The van der Waals surface area contributed by atoms with Crippen LogP contribution in [0.2, 0.25) is 0 Å². The number of hydrogen-bond acceptors (Lipinski definition) is 2. The van der Waals surface area contributed by atoms with Crippen molar-refractivity contribution in [2.45, 2.75) is 52.7 Å². The molecule has 24 heavy (non-hydrogen) atoms. The van der Waals surface area contributed by atoms with Gasteiger partial charge in [-0.2, -0.15) is 0 Å². The van der Waals surface area contributed by atoms with Crippen molar-refractivity contribution in [3.05, 3.63) is 58.1 Å². The average molecular weight is 320 g/mol. The van der Waals surface area contributed by atoms with Crippen LogP contribution in [0.1, 0.15) is 41.2 Å². The highest BCUT2D eigenvalue weighted by molar-refractivity contribution is 5.59. The first-order chi connectivity index (χ1) is 11.4. The summed E-state index contributed by atoms with van der Waals surface area (Å²) < 4.78 is 12.4. The molecule has 0 saturated carbocycles. The Hall–Kier alpha value is -2.40. The van der Waals surface area contributed by atoms with E-state index in [9.17, 15) is 0 Å². The lowest BCUT2D eigenvalue weighted by molar-refractivity contribution is 0.122. The Labute approximate surface area is 144 Å². The fraction of sp³-hybridized carbons (Fsp3) is 0.364. The van der Waals surface area contributed by atoms with E-state index in [2.05, 4.69) is 38.8 Å². The summed E-state index contributed by atoms with van der Waals surface area (Å²) in [4.78, 5) is 0. The minimum atomic E-state index is -0.511. The predicted molar refractivity (Wildman–Crippen MR) is 97.6 cm³/mol. The van der Waals surface area contributed by atoms with Gasteiger partial charge >= 0.3 is 0 Å². The third-order valence-electron chi connectivity index (χ3n) is 5.02. The fourth-order valence-corrected chi connectivity index (χ4v) is 3.28. The van der Waals surface area contributed by atoms with Crippen molar-refractivity contribution in [3.8, 4) is 23.8 Å². The van der Waals surface area contributed by atoms with Crippen LogP contribution in [0.5, 0.6) is 11.5 Å². The average Bonchev–Trinajstić information content (AvgIpc) is 2.60. The Morgan fingerprint density at radius 2 is 1.83 bits per heavy atom. The quantitative estimate of drug-likeness (QED) is 0.748. The molecule has 2 aromatic carbocycles. The maximum Gasteiger partial charge on any atom is 0.166 e. The molecule has 0 radical (unpaired) electrons. The molecule has 2 aromatic rings. The molecule has 2 heteroatoms. The standard InChI is InChI=1S/C22H24O2/c1-6-22(5)13-12-19-17(4)20(15(2)16(3)21(19)24-22)23-14-18-10-8-7-9-11-18/h1,7-11H,12-14H2,2-5H3/t22-/m1/s1. The lowest BCUT2D eigenvalue weighted by atomic mass is 9.87. The molecule has 0 bridgehead atoms. The minimum absolute atomic E-state index is 0.511. The van der Waals surface area contributed by atoms with E-state index in [0.717, 1.165) is 35.5 Å². The summed E-state index contributed by atoms with van der Waals surface area (Å²) in [6, 6.07) is 10.2. The summed E-state index contributed by atoms with van der Waals surface area (Å²) in [6.45, 7) is 8.86. The summed E-state index contributed by atoms with van der Waals surface area (Å²) in [5.41, 5.74) is 5.31. The highest BCUT2D eigenvalue weighted by Gasteiger charge is 2.33. The summed E-state index contributed by atoms with van der Waals surface area (Å²) in [5.74, 6) is 4.72. The molecule has 0 amide bonds. The molecule has 0 aliphatic carbocycles. The maximum absolute atomic E-state index is 6.19. The lowest BCUT2D eigenvalue weighted by Crippen LogP contribution is -2.35. The Kier molecular flexibility index (Phi) is 4.28. The molecule has 3 rings (SSSR count). The van der Waals surface area contributed by atoms with Crippen LogP contribution in [0.15, 0.2) is 30.3 Å². The third-order valence-corrected chi connectivity index (χ3v) is 5.02. The van der Waals surface area contributed by atoms with Gasteiger partial charge in [0.05, 0.1) is 0 Å². The van der Waals surface area contributed by atoms with Crippen molar-refractivity contribution in [2.75, 3.05) is 0 Å². The highest BCUT2D eigenvalue weighted by atomic mass is 16.5. The van der Waals surface area contributed by atoms with Crippen LogP contribution >= 0.6 is 0 Å². The Bertz CT molecular complexity index is 799. The Morgan fingerprint density at radius 1 is 1.12 bits per heavy atom. The lowest BCUT2D eigenvalue weighted by Gasteiger charge is -2.34. The van der Waals surface area contributed by atoms with Crippen LogP contribution in [-0.2, 0) is 13.0 Å². The molecule has 0 saturated heterocycles. The van der Waals surface area contributed by atoms with Crippen LogP contribution in [0.25, 0.3) is 0 Å². The summed E-state index contributed by atoms with van der Waals surface area (Å²) in [5, 5.41) is 0. The third kappa shape index (κ3) is 2.87. The first-order valence-corrected chi connectivity index (χ1v) is 8.41. The van der Waals surface area contributed by atoms with Crippen LogP contribution in [0.4, 0.5) is 0 Å². The smallest absolute Gasteiger partial charge is 0.166 e. The zero-order valence-electron chi connectivity index (χ0n) is 14.9. The molecule has 0 aromatic heterocycles. The number of rotatable bonds is 3. The van der Waals surface area contributed by atoms with Gasteiger partial charge in [-0.05, 0) is 56.4 Å². The molecule has 124 valence electrons. The molecule has 1 heterocycles. The van der Waals surface area contributed by atoms with Gasteiger partial charge in [0.1, 0.15) is 18.1 Å². The summed E-state index contributed by atoms with van der Waals surface area (Å²) in [6.07, 6.45) is 7.42.